The van der Waals surface area contributed by atoms with Gasteiger partial charge in [-0.1, -0.05) is 19.1 Å². The van der Waals surface area contributed by atoms with Crippen molar-refractivity contribution >= 4 is 0 Å². The fourth-order valence-electron chi connectivity index (χ4n) is 0.983. The quantitative estimate of drug-likeness (QED) is 0.525. The first kappa shape index (κ1) is 15.4. The van der Waals surface area contributed by atoms with Gasteiger partial charge >= 0.3 is 12.3 Å². The van der Waals surface area contributed by atoms with Crippen LogP contribution in [0, 0.1) is 0 Å². The summed E-state index contributed by atoms with van der Waals surface area (Å²) in [7, 11) is 0. The lowest BCUT2D eigenvalue weighted by Gasteiger charge is -2.17. The summed E-state index contributed by atoms with van der Waals surface area (Å²) >= 11 is 0. The Morgan fingerprint density at radius 1 is 1.44 bits per heavy atom. The number of hydrogen-bond donors (Lipinski definition) is 1. The van der Waals surface area contributed by atoms with E-state index in [2.05, 4.69) is 11.3 Å². The van der Waals surface area contributed by atoms with Crippen molar-refractivity contribution in [2.75, 3.05) is 13.2 Å². The number of ether oxygens (including phenoxy) is 1. The Balaban J connectivity index is 3.77. The number of hydrogen-bond acceptors (Lipinski definition) is 2. The fraction of sp³-hybridized carbons (Fsp3) is 0.800. The zero-order valence-corrected chi connectivity index (χ0v) is 9.19. The van der Waals surface area contributed by atoms with Gasteiger partial charge in [0.2, 0.25) is 0 Å². The summed E-state index contributed by atoms with van der Waals surface area (Å²) in [5, 5.41) is 0. The smallest absolute Gasteiger partial charge is 0.330 e. The molecule has 0 fully saturated rings. The van der Waals surface area contributed by atoms with Gasteiger partial charge < -0.3 is 10.5 Å². The lowest BCUT2D eigenvalue weighted by Crippen LogP contribution is -2.35. The molecule has 0 aliphatic carbocycles. The van der Waals surface area contributed by atoms with Crippen LogP contribution in [0.15, 0.2) is 12.2 Å². The molecule has 6 heteroatoms. The topological polar surface area (TPSA) is 35.2 Å². The minimum atomic E-state index is -4.11. The van der Waals surface area contributed by atoms with Crippen molar-refractivity contribution < 1.29 is 22.3 Å². The second kappa shape index (κ2) is 6.85. The van der Waals surface area contributed by atoms with Crippen LogP contribution < -0.4 is 5.73 Å². The summed E-state index contributed by atoms with van der Waals surface area (Å²) < 4.78 is 52.7. The lowest BCUT2D eigenvalue weighted by molar-refractivity contribution is -0.166. The van der Waals surface area contributed by atoms with E-state index in [1.54, 1.807) is 0 Å². The minimum absolute atomic E-state index is 0.179. The Hall–Kier alpha value is -0.620. The normalized spacial score (nSPS) is 14.2. The first-order valence-corrected chi connectivity index (χ1v) is 4.95. The van der Waals surface area contributed by atoms with Crippen molar-refractivity contribution in [2.45, 2.75) is 38.2 Å². The van der Waals surface area contributed by atoms with E-state index in [0.29, 0.717) is 6.42 Å². The molecule has 16 heavy (non-hydrogen) atoms. The van der Waals surface area contributed by atoms with Crippen LogP contribution in [0.2, 0.25) is 0 Å². The molecule has 2 nitrogen and oxygen atoms in total. The number of alkyl halides is 4. The maximum Gasteiger partial charge on any atom is 0.330 e. The molecule has 0 aromatic heterocycles. The third kappa shape index (κ3) is 6.07. The Labute approximate surface area is 92.4 Å². The van der Waals surface area contributed by atoms with Crippen LogP contribution in [0.1, 0.15) is 19.8 Å². The second-order valence-electron chi connectivity index (χ2n) is 3.64. The van der Waals surface area contributed by atoms with E-state index < -0.39 is 25.0 Å². The van der Waals surface area contributed by atoms with Crippen LogP contribution in [0.3, 0.4) is 0 Å². The zero-order chi connectivity index (χ0) is 12.8. The first-order chi connectivity index (χ1) is 7.29. The third-order valence-corrected chi connectivity index (χ3v) is 2.00. The molecule has 0 aromatic carbocycles. The van der Waals surface area contributed by atoms with Crippen LogP contribution in [-0.4, -0.2) is 31.6 Å². The highest BCUT2D eigenvalue weighted by Crippen LogP contribution is 2.22. The Bertz CT molecular complexity index is 221. The standard InChI is InChI=1S/C10H17F4NO/c1-3-7(2)4-8(15)5-16-6-10(13,14)9(11)12/h8-9H,2-6,15H2,1H3. The average Bonchev–Trinajstić information content (AvgIpc) is 2.16. The van der Waals surface area contributed by atoms with Gasteiger partial charge in [0.15, 0.2) is 0 Å². The monoisotopic (exact) mass is 243 g/mol. The number of halogens is 4. The molecule has 0 saturated heterocycles. The van der Waals surface area contributed by atoms with E-state index in [1.165, 1.54) is 0 Å². The molecular formula is C10H17F4NO. The van der Waals surface area contributed by atoms with E-state index in [4.69, 9.17) is 5.73 Å². The summed E-state index contributed by atoms with van der Waals surface area (Å²) in [6.45, 7) is 4.10. The third-order valence-electron chi connectivity index (χ3n) is 2.00. The minimum Gasteiger partial charge on any atom is -0.373 e. The highest BCUT2D eigenvalue weighted by molar-refractivity contribution is 4.95. The predicted octanol–water partition coefficient (Wildman–Crippen LogP) is 2.59. The van der Waals surface area contributed by atoms with Crippen molar-refractivity contribution in [2.24, 2.45) is 5.73 Å². The Morgan fingerprint density at radius 3 is 2.44 bits per heavy atom. The van der Waals surface area contributed by atoms with Crippen molar-refractivity contribution in [3.05, 3.63) is 12.2 Å². The van der Waals surface area contributed by atoms with E-state index in [-0.39, 0.29) is 6.61 Å². The molecule has 0 bridgehead atoms. The van der Waals surface area contributed by atoms with E-state index in [9.17, 15) is 17.6 Å². The molecule has 2 N–H and O–H groups in total. The molecule has 0 radical (unpaired) electrons. The molecular weight excluding hydrogens is 226 g/mol. The maximum atomic E-state index is 12.4. The van der Waals surface area contributed by atoms with Crippen molar-refractivity contribution in [3.63, 3.8) is 0 Å². The molecule has 0 aromatic rings. The van der Waals surface area contributed by atoms with E-state index in [1.807, 2.05) is 6.92 Å². The lowest BCUT2D eigenvalue weighted by atomic mass is 10.1. The molecule has 0 aliphatic heterocycles. The zero-order valence-electron chi connectivity index (χ0n) is 9.19. The molecule has 96 valence electrons. The Kier molecular flexibility index (Phi) is 6.59. The van der Waals surface area contributed by atoms with Crippen LogP contribution >= 0.6 is 0 Å². The van der Waals surface area contributed by atoms with Gasteiger partial charge in [-0.3, -0.25) is 0 Å². The summed E-state index contributed by atoms with van der Waals surface area (Å²) in [6, 6.07) is -0.485. The van der Waals surface area contributed by atoms with Gasteiger partial charge in [-0.15, -0.1) is 0 Å². The van der Waals surface area contributed by atoms with Crippen LogP contribution in [0.25, 0.3) is 0 Å². The maximum absolute atomic E-state index is 12.4. The first-order valence-electron chi connectivity index (χ1n) is 4.95. The highest BCUT2D eigenvalue weighted by Gasteiger charge is 2.40. The van der Waals surface area contributed by atoms with Gasteiger partial charge in [0.25, 0.3) is 0 Å². The van der Waals surface area contributed by atoms with E-state index >= 15 is 0 Å². The summed E-state index contributed by atoms with van der Waals surface area (Å²) in [4.78, 5) is 0. The van der Waals surface area contributed by atoms with Crippen LogP contribution in [0.5, 0.6) is 0 Å². The van der Waals surface area contributed by atoms with Gasteiger partial charge in [-0.2, -0.15) is 8.78 Å². The molecule has 0 heterocycles. The molecule has 1 unspecified atom stereocenters. The summed E-state index contributed by atoms with van der Waals surface area (Å²) in [5.74, 6) is -4.11. The van der Waals surface area contributed by atoms with Crippen molar-refractivity contribution in [3.8, 4) is 0 Å². The molecule has 0 saturated carbocycles. The summed E-state index contributed by atoms with van der Waals surface area (Å²) in [5.41, 5.74) is 6.41. The summed E-state index contributed by atoms with van der Waals surface area (Å²) in [6.07, 6.45) is -2.54. The van der Waals surface area contributed by atoms with E-state index in [0.717, 1.165) is 12.0 Å². The van der Waals surface area contributed by atoms with Gasteiger partial charge in [0.05, 0.1) is 6.61 Å². The number of rotatable bonds is 8. The van der Waals surface area contributed by atoms with Crippen LogP contribution in [0.4, 0.5) is 17.6 Å². The average molecular weight is 243 g/mol. The second-order valence-corrected chi connectivity index (χ2v) is 3.64. The molecule has 1 atom stereocenters. The number of nitrogens with two attached hydrogens (primary N) is 1. The van der Waals surface area contributed by atoms with Gasteiger partial charge in [0.1, 0.15) is 6.61 Å². The molecule has 0 rings (SSSR count). The van der Waals surface area contributed by atoms with Crippen LogP contribution in [-0.2, 0) is 4.74 Å². The SMILES string of the molecule is C=C(CC)CC(N)COCC(F)(F)C(F)F. The molecule has 0 amide bonds. The largest absolute Gasteiger partial charge is 0.373 e. The van der Waals surface area contributed by atoms with Crippen molar-refractivity contribution in [1.82, 2.24) is 0 Å². The Morgan fingerprint density at radius 2 is 2.00 bits per heavy atom. The van der Waals surface area contributed by atoms with Gasteiger partial charge in [0, 0.05) is 6.04 Å². The van der Waals surface area contributed by atoms with Gasteiger partial charge in [-0.05, 0) is 12.8 Å². The van der Waals surface area contributed by atoms with Crippen molar-refractivity contribution in [1.29, 1.82) is 0 Å². The molecule has 0 aliphatic rings. The molecule has 0 spiro atoms. The fourth-order valence-corrected chi connectivity index (χ4v) is 0.983. The highest BCUT2D eigenvalue weighted by atomic mass is 19.3. The van der Waals surface area contributed by atoms with Gasteiger partial charge in [-0.25, -0.2) is 8.78 Å². The predicted molar refractivity (Wildman–Crippen MR) is 53.8 cm³/mol.